The number of hydrogen-bond acceptors (Lipinski definition) is 8. The first-order chi connectivity index (χ1) is 21.9. The molecule has 0 amide bonds. The van der Waals surface area contributed by atoms with Crippen LogP contribution < -0.4 is 0 Å². The third-order valence-electron chi connectivity index (χ3n) is 10.4. The maximum Gasteiger partial charge on any atom is 0.309 e. The normalized spacial score (nSPS) is 28.5. The van der Waals surface area contributed by atoms with Gasteiger partial charge in [-0.25, -0.2) is 0 Å². The molecule has 3 aliphatic heterocycles. The number of rotatable bonds is 25. The highest BCUT2D eigenvalue weighted by Gasteiger charge is 2.40. The van der Waals surface area contributed by atoms with Crippen LogP contribution in [0, 0.1) is 5.92 Å². The third-order valence-corrected chi connectivity index (χ3v) is 10.4. The molecular weight excluding hydrogens is 570 g/mol. The van der Waals surface area contributed by atoms with E-state index in [2.05, 4.69) is 12.1 Å². The van der Waals surface area contributed by atoms with Crippen LogP contribution >= 0.6 is 0 Å². The zero-order valence-corrected chi connectivity index (χ0v) is 28.7. The van der Waals surface area contributed by atoms with Crippen molar-refractivity contribution < 1.29 is 34.4 Å². The lowest BCUT2D eigenvalue weighted by Gasteiger charge is -2.24. The van der Waals surface area contributed by atoms with Crippen LogP contribution in [0.1, 0.15) is 174 Å². The van der Waals surface area contributed by atoms with E-state index in [9.17, 15) is 15.0 Å². The molecule has 3 rings (SSSR count). The largest absolute Gasteiger partial charge is 0.462 e. The molecule has 3 N–H and O–H groups in total. The SMILES string of the molecule is CCCCCCCCCC[C@H](O)[C@H]1CC[C@@H]([C@@H]2CC[C@H]([C@H](O)CCCCCCCCCC[C@H]3CC(C/C(C)=N/O)C(=O)O3)O2)O1. The molecule has 3 saturated heterocycles. The van der Waals surface area contributed by atoms with Gasteiger partial charge >= 0.3 is 5.97 Å². The second-order valence-electron chi connectivity index (χ2n) is 14.4. The number of carbonyl (C=O) groups excluding carboxylic acids is 1. The Morgan fingerprint density at radius 3 is 1.69 bits per heavy atom. The van der Waals surface area contributed by atoms with Crippen molar-refractivity contribution in [3.63, 3.8) is 0 Å². The lowest BCUT2D eigenvalue weighted by Crippen LogP contribution is -2.33. The number of oxime groups is 1. The molecule has 0 aromatic rings. The molecule has 262 valence electrons. The maximum absolute atomic E-state index is 12.0. The lowest BCUT2D eigenvalue weighted by atomic mass is 9.96. The van der Waals surface area contributed by atoms with Gasteiger partial charge in [-0.3, -0.25) is 4.79 Å². The van der Waals surface area contributed by atoms with E-state index in [0.29, 0.717) is 12.1 Å². The highest BCUT2D eigenvalue weighted by Crippen LogP contribution is 2.35. The molecule has 3 fully saturated rings. The summed E-state index contributed by atoms with van der Waals surface area (Å²) in [6, 6.07) is 0. The number of esters is 1. The molecule has 3 heterocycles. The standard InChI is InChI=1S/C37H67NO7/c1-3-4-5-6-7-11-14-17-20-31(39)33-22-24-35(44-33)36-25-23-34(45-36)32(40)21-18-15-12-9-8-10-13-16-19-30-27-29(37(41)43-30)26-28(2)38-42/h29-36,39-40,42H,3-27H2,1-2H3/b38-28+/t29?,30-,31-,32+,33+,34+,35-,36-/m0/s1. The molecule has 8 atom stereocenters. The molecule has 0 bridgehead atoms. The van der Waals surface area contributed by atoms with E-state index in [0.717, 1.165) is 77.0 Å². The highest BCUT2D eigenvalue weighted by atomic mass is 16.6. The van der Waals surface area contributed by atoms with Crippen molar-refractivity contribution in [2.24, 2.45) is 11.1 Å². The number of nitrogens with zero attached hydrogens (tertiary/aromatic N) is 1. The highest BCUT2D eigenvalue weighted by molar-refractivity contribution is 5.87. The van der Waals surface area contributed by atoms with Gasteiger partial charge in [-0.1, -0.05) is 108 Å². The lowest BCUT2D eigenvalue weighted by molar-refractivity contribution is -0.144. The fraction of sp³-hybridized carbons (Fsp3) is 0.946. The van der Waals surface area contributed by atoms with Crippen molar-refractivity contribution in [3.8, 4) is 0 Å². The summed E-state index contributed by atoms with van der Waals surface area (Å²) < 4.78 is 18.1. The molecular formula is C37H67NO7. The number of ether oxygens (including phenoxy) is 3. The van der Waals surface area contributed by atoms with Crippen LogP contribution in [0.3, 0.4) is 0 Å². The van der Waals surface area contributed by atoms with Crippen LogP contribution in [0.15, 0.2) is 5.16 Å². The van der Waals surface area contributed by atoms with Crippen molar-refractivity contribution >= 4 is 11.7 Å². The molecule has 0 aliphatic carbocycles. The molecule has 3 aliphatic rings. The van der Waals surface area contributed by atoms with Crippen molar-refractivity contribution in [2.45, 2.75) is 217 Å². The second-order valence-corrected chi connectivity index (χ2v) is 14.4. The van der Waals surface area contributed by atoms with E-state index in [-0.39, 0.29) is 48.5 Å². The number of carbonyl (C=O) groups is 1. The van der Waals surface area contributed by atoms with Crippen molar-refractivity contribution in [1.82, 2.24) is 0 Å². The molecule has 45 heavy (non-hydrogen) atoms. The van der Waals surface area contributed by atoms with Gasteiger partial charge in [-0.15, -0.1) is 0 Å². The Morgan fingerprint density at radius 2 is 1.20 bits per heavy atom. The van der Waals surface area contributed by atoms with Gasteiger partial charge in [0.25, 0.3) is 0 Å². The number of unbranched alkanes of at least 4 members (excludes halogenated alkanes) is 14. The monoisotopic (exact) mass is 637 g/mol. The first-order valence-electron chi connectivity index (χ1n) is 19.0. The van der Waals surface area contributed by atoms with Gasteiger partial charge in [0.15, 0.2) is 0 Å². The summed E-state index contributed by atoms with van der Waals surface area (Å²) in [7, 11) is 0. The first-order valence-corrected chi connectivity index (χ1v) is 19.0. The van der Waals surface area contributed by atoms with Crippen molar-refractivity contribution in [3.05, 3.63) is 0 Å². The number of aliphatic hydroxyl groups is 2. The summed E-state index contributed by atoms with van der Waals surface area (Å²) in [5.41, 5.74) is 0.580. The minimum absolute atomic E-state index is 0.0180. The zero-order valence-electron chi connectivity index (χ0n) is 28.7. The predicted octanol–water partition coefficient (Wildman–Crippen LogP) is 8.41. The first kappa shape index (κ1) is 38.2. The Bertz CT molecular complexity index is 823. The van der Waals surface area contributed by atoms with Crippen LogP contribution in [0.5, 0.6) is 0 Å². The van der Waals surface area contributed by atoms with Crippen LogP contribution in [-0.4, -0.2) is 69.8 Å². The van der Waals surface area contributed by atoms with Gasteiger partial charge in [-0.2, -0.15) is 0 Å². The van der Waals surface area contributed by atoms with E-state index in [4.69, 9.17) is 19.4 Å². The van der Waals surface area contributed by atoms with Gasteiger partial charge < -0.3 is 29.6 Å². The number of hydrogen-bond donors (Lipinski definition) is 3. The summed E-state index contributed by atoms with van der Waals surface area (Å²) in [5, 5.41) is 33.5. The van der Waals surface area contributed by atoms with Crippen LogP contribution in [0.25, 0.3) is 0 Å². The van der Waals surface area contributed by atoms with E-state index in [1.165, 1.54) is 77.0 Å². The Balaban J connectivity index is 1.13. The molecule has 0 saturated carbocycles. The van der Waals surface area contributed by atoms with Gasteiger partial charge in [0.1, 0.15) is 6.10 Å². The summed E-state index contributed by atoms with van der Waals surface area (Å²) in [6.07, 6.45) is 26.2. The topological polar surface area (TPSA) is 118 Å². The van der Waals surface area contributed by atoms with E-state index in [1.54, 1.807) is 6.92 Å². The van der Waals surface area contributed by atoms with Crippen LogP contribution in [0.4, 0.5) is 0 Å². The summed E-state index contributed by atoms with van der Waals surface area (Å²) >= 11 is 0. The zero-order chi connectivity index (χ0) is 32.3. The summed E-state index contributed by atoms with van der Waals surface area (Å²) in [5.74, 6) is -0.307. The average Bonchev–Trinajstić information content (AvgIpc) is 3.80. The maximum atomic E-state index is 12.0. The molecule has 0 spiro atoms. The molecule has 1 unspecified atom stereocenters. The van der Waals surface area contributed by atoms with Gasteiger partial charge in [-0.05, 0) is 64.7 Å². The summed E-state index contributed by atoms with van der Waals surface area (Å²) in [6.45, 7) is 3.98. The molecule has 8 nitrogen and oxygen atoms in total. The number of aliphatic hydroxyl groups excluding tert-OH is 2. The molecule has 0 aromatic heterocycles. The van der Waals surface area contributed by atoms with Crippen LogP contribution in [0.2, 0.25) is 0 Å². The fourth-order valence-corrected chi connectivity index (χ4v) is 7.60. The molecule has 8 heteroatoms. The Hall–Kier alpha value is -1.22. The summed E-state index contributed by atoms with van der Waals surface area (Å²) in [4.78, 5) is 12.0. The Morgan fingerprint density at radius 1 is 0.733 bits per heavy atom. The average molecular weight is 638 g/mol. The number of cyclic esters (lactones) is 1. The fourth-order valence-electron chi connectivity index (χ4n) is 7.60. The molecule has 0 aromatic carbocycles. The van der Waals surface area contributed by atoms with E-state index < -0.39 is 6.10 Å². The Kier molecular flexibility index (Phi) is 19.0. The van der Waals surface area contributed by atoms with Gasteiger partial charge in [0.05, 0.1) is 48.3 Å². The third kappa shape index (κ3) is 14.6. The van der Waals surface area contributed by atoms with Gasteiger partial charge in [0.2, 0.25) is 0 Å². The second kappa shape index (κ2) is 22.4. The van der Waals surface area contributed by atoms with E-state index in [1.807, 2.05) is 0 Å². The minimum Gasteiger partial charge on any atom is -0.462 e. The van der Waals surface area contributed by atoms with Crippen molar-refractivity contribution in [2.75, 3.05) is 0 Å². The quantitative estimate of drug-likeness (QED) is 0.0302. The minimum atomic E-state index is -0.399. The molecule has 0 radical (unpaired) electrons. The Labute approximate surface area is 274 Å². The van der Waals surface area contributed by atoms with Gasteiger partial charge in [0, 0.05) is 6.42 Å². The van der Waals surface area contributed by atoms with E-state index >= 15 is 0 Å². The van der Waals surface area contributed by atoms with Crippen molar-refractivity contribution in [1.29, 1.82) is 0 Å². The van der Waals surface area contributed by atoms with Crippen LogP contribution in [-0.2, 0) is 19.0 Å². The predicted molar refractivity (Wildman–Crippen MR) is 179 cm³/mol. The smallest absolute Gasteiger partial charge is 0.309 e.